The van der Waals surface area contributed by atoms with Crippen LogP contribution >= 0.6 is 0 Å². The van der Waals surface area contributed by atoms with Gasteiger partial charge in [0, 0.05) is 30.1 Å². The van der Waals surface area contributed by atoms with Crippen LogP contribution in [0, 0.1) is 0 Å². The molecule has 0 spiro atoms. The molecule has 32 heavy (non-hydrogen) atoms. The molecule has 1 amide bonds. The van der Waals surface area contributed by atoms with Crippen molar-refractivity contribution in [1.29, 1.82) is 0 Å². The van der Waals surface area contributed by atoms with Gasteiger partial charge in [-0.3, -0.25) is 9.20 Å². The van der Waals surface area contributed by atoms with Gasteiger partial charge in [-0.2, -0.15) is 13.2 Å². The zero-order chi connectivity index (χ0) is 22.9. The Labute approximate surface area is 181 Å². The van der Waals surface area contributed by atoms with Crippen molar-refractivity contribution in [2.75, 3.05) is 12.3 Å². The van der Waals surface area contributed by atoms with Gasteiger partial charge >= 0.3 is 6.18 Å². The zero-order valence-corrected chi connectivity index (χ0v) is 17.0. The second-order valence-corrected chi connectivity index (χ2v) is 7.11. The lowest BCUT2D eigenvalue weighted by atomic mass is 10.1. The van der Waals surface area contributed by atoms with Gasteiger partial charge in [0.2, 0.25) is 5.91 Å². The Morgan fingerprint density at radius 3 is 2.66 bits per heavy atom. The first-order chi connectivity index (χ1) is 15.3. The highest BCUT2D eigenvalue weighted by molar-refractivity contribution is 5.79. The summed E-state index contributed by atoms with van der Waals surface area (Å²) < 4.78 is 40.5. The van der Waals surface area contributed by atoms with Crippen LogP contribution in [-0.4, -0.2) is 31.8 Å². The SMILES string of the molecule is CCNC(=O)Cc1cccc(-c2cnc3cc(-c4ncc(C(F)(F)F)c(N)n4)ccn23)c1. The molecule has 4 aromatic rings. The number of hydrogen-bond acceptors (Lipinski definition) is 5. The molecule has 1 aromatic carbocycles. The van der Waals surface area contributed by atoms with E-state index < -0.39 is 17.6 Å². The number of fused-ring (bicyclic) bond motifs is 1. The number of amides is 1. The van der Waals surface area contributed by atoms with Crippen molar-refractivity contribution in [2.24, 2.45) is 0 Å². The Balaban J connectivity index is 1.66. The van der Waals surface area contributed by atoms with Crippen LogP contribution in [0.1, 0.15) is 18.1 Å². The number of likely N-dealkylation sites (N-methyl/N-ethyl adjacent to an activating group) is 1. The molecule has 0 bridgehead atoms. The van der Waals surface area contributed by atoms with Crippen LogP contribution < -0.4 is 11.1 Å². The number of nitrogens with one attached hydrogen (secondary N) is 1. The minimum atomic E-state index is -4.61. The summed E-state index contributed by atoms with van der Waals surface area (Å²) >= 11 is 0. The molecule has 4 rings (SSSR count). The monoisotopic (exact) mass is 440 g/mol. The van der Waals surface area contributed by atoms with E-state index in [-0.39, 0.29) is 18.2 Å². The van der Waals surface area contributed by atoms with Crippen molar-refractivity contribution in [3.63, 3.8) is 0 Å². The molecule has 0 aliphatic carbocycles. The number of alkyl halides is 3. The molecular weight excluding hydrogens is 421 g/mol. The highest BCUT2D eigenvalue weighted by Gasteiger charge is 2.34. The third-order valence-electron chi connectivity index (χ3n) is 4.86. The van der Waals surface area contributed by atoms with E-state index in [1.165, 1.54) is 0 Å². The molecule has 7 nitrogen and oxygen atoms in total. The Hall–Kier alpha value is -3.95. The van der Waals surface area contributed by atoms with Crippen molar-refractivity contribution in [3.8, 4) is 22.6 Å². The number of nitrogens with two attached hydrogens (primary N) is 1. The van der Waals surface area contributed by atoms with Crippen LogP contribution in [0.25, 0.3) is 28.3 Å². The number of benzene rings is 1. The minimum absolute atomic E-state index is 0.0525. The number of aromatic nitrogens is 4. The summed E-state index contributed by atoms with van der Waals surface area (Å²) in [7, 11) is 0. The van der Waals surface area contributed by atoms with E-state index in [9.17, 15) is 18.0 Å². The van der Waals surface area contributed by atoms with Gasteiger partial charge in [-0.15, -0.1) is 0 Å². The summed E-state index contributed by atoms with van der Waals surface area (Å²) in [4.78, 5) is 23.9. The van der Waals surface area contributed by atoms with Gasteiger partial charge in [-0.05, 0) is 30.7 Å². The summed E-state index contributed by atoms with van der Waals surface area (Å²) in [6.45, 7) is 2.44. The summed E-state index contributed by atoms with van der Waals surface area (Å²) in [5.41, 5.74) is 8.01. The average molecular weight is 440 g/mol. The topological polar surface area (TPSA) is 98.2 Å². The van der Waals surface area contributed by atoms with E-state index in [0.29, 0.717) is 24.0 Å². The quantitative estimate of drug-likeness (QED) is 0.493. The predicted molar refractivity (Wildman–Crippen MR) is 113 cm³/mol. The molecule has 3 heterocycles. The third-order valence-corrected chi connectivity index (χ3v) is 4.86. The van der Waals surface area contributed by atoms with E-state index in [1.807, 2.05) is 35.6 Å². The van der Waals surface area contributed by atoms with Gasteiger partial charge in [0.15, 0.2) is 5.82 Å². The van der Waals surface area contributed by atoms with Gasteiger partial charge in [-0.1, -0.05) is 18.2 Å². The Morgan fingerprint density at radius 1 is 1.12 bits per heavy atom. The maximum Gasteiger partial charge on any atom is 0.421 e. The zero-order valence-electron chi connectivity index (χ0n) is 17.0. The molecule has 164 valence electrons. The molecule has 10 heteroatoms. The number of pyridine rings is 1. The van der Waals surface area contributed by atoms with Crippen molar-refractivity contribution < 1.29 is 18.0 Å². The second kappa shape index (κ2) is 8.29. The fourth-order valence-corrected chi connectivity index (χ4v) is 3.37. The van der Waals surface area contributed by atoms with E-state index in [1.54, 1.807) is 24.5 Å². The second-order valence-electron chi connectivity index (χ2n) is 7.11. The molecular formula is C22H19F3N6O. The average Bonchev–Trinajstić information content (AvgIpc) is 3.16. The van der Waals surface area contributed by atoms with Crippen LogP contribution in [0.4, 0.5) is 19.0 Å². The molecule has 0 atom stereocenters. The van der Waals surface area contributed by atoms with E-state index in [0.717, 1.165) is 16.8 Å². The number of imidazole rings is 1. The normalized spacial score (nSPS) is 11.6. The summed E-state index contributed by atoms with van der Waals surface area (Å²) in [5.74, 6) is -0.606. The lowest BCUT2D eigenvalue weighted by Crippen LogP contribution is -2.24. The number of carbonyl (C=O) groups excluding carboxylic acids is 1. The number of halogens is 3. The smallest absolute Gasteiger partial charge is 0.383 e. The molecule has 0 aliphatic rings. The molecule has 0 saturated heterocycles. The van der Waals surface area contributed by atoms with Gasteiger partial charge in [0.25, 0.3) is 0 Å². The predicted octanol–water partition coefficient (Wildman–Crippen LogP) is 3.74. The van der Waals surface area contributed by atoms with Crippen LogP contribution in [0.15, 0.2) is 55.0 Å². The highest BCUT2D eigenvalue weighted by atomic mass is 19.4. The summed E-state index contributed by atoms with van der Waals surface area (Å²) in [6.07, 6.45) is -0.238. The molecule has 3 N–H and O–H groups in total. The van der Waals surface area contributed by atoms with Crippen molar-refractivity contribution in [1.82, 2.24) is 24.7 Å². The Morgan fingerprint density at radius 2 is 1.94 bits per heavy atom. The van der Waals surface area contributed by atoms with Gasteiger partial charge in [0.05, 0.1) is 18.3 Å². The maximum atomic E-state index is 12.9. The molecule has 0 unspecified atom stereocenters. The highest BCUT2D eigenvalue weighted by Crippen LogP contribution is 2.33. The number of hydrogen-bond donors (Lipinski definition) is 2. The minimum Gasteiger partial charge on any atom is -0.383 e. The molecule has 0 radical (unpaired) electrons. The number of rotatable bonds is 5. The molecule has 3 aromatic heterocycles. The largest absolute Gasteiger partial charge is 0.421 e. The molecule has 0 saturated carbocycles. The van der Waals surface area contributed by atoms with E-state index >= 15 is 0 Å². The first-order valence-corrected chi connectivity index (χ1v) is 9.79. The number of carbonyl (C=O) groups is 1. The van der Waals surface area contributed by atoms with Gasteiger partial charge in [0.1, 0.15) is 17.0 Å². The van der Waals surface area contributed by atoms with Crippen LogP contribution in [0.5, 0.6) is 0 Å². The van der Waals surface area contributed by atoms with Gasteiger partial charge < -0.3 is 11.1 Å². The van der Waals surface area contributed by atoms with E-state index in [4.69, 9.17) is 5.73 Å². The number of anilines is 1. The van der Waals surface area contributed by atoms with E-state index in [2.05, 4.69) is 20.3 Å². The van der Waals surface area contributed by atoms with Crippen molar-refractivity contribution in [2.45, 2.75) is 19.5 Å². The number of nitrogens with zero attached hydrogens (tertiary/aromatic N) is 4. The third kappa shape index (κ3) is 4.25. The maximum absolute atomic E-state index is 12.9. The lowest BCUT2D eigenvalue weighted by Gasteiger charge is -2.10. The molecule has 0 fully saturated rings. The van der Waals surface area contributed by atoms with Crippen molar-refractivity contribution >= 4 is 17.4 Å². The van der Waals surface area contributed by atoms with Crippen LogP contribution in [0.2, 0.25) is 0 Å². The fraction of sp³-hybridized carbons (Fsp3) is 0.182. The Kier molecular flexibility index (Phi) is 5.52. The van der Waals surface area contributed by atoms with Crippen LogP contribution in [-0.2, 0) is 17.4 Å². The van der Waals surface area contributed by atoms with Gasteiger partial charge in [-0.25, -0.2) is 15.0 Å². The lowest BCUT2D eigenvalue weighted by molar-refractivity contribution is -0.137. The van der Waals surface area contributed by atoms with Crippen LogP contribution in [0.3, 0.4) is 0 Å². The number of nitrogen functional groups attached to an aromatic ring is 1. The fourth-order valence-electron chi connectivity index (χ4n) is 3.37. The summed E-state index contributed by atoms with van der Waals surface area (Å²) in [6, 6.07) is 10.9. The van der Waals surface area contributed by atoms with Crippen molar-refractivity contribution in [3.05, 3.63) is 66.1 Å². The standard InChI is InChI=1S/C22H19F3N6O/c1-2-27-19(32)9-13-4-3-5-14(8-13)17-12-28-18-10-15(6-7-31(17)18)21-29-11-16(20(26)30-21)22(23,24)25/h3-8,10-12H,2,9H2,1H3,(H,27,32)(H2,26,29,30). The summed E-state index contributed by atoms with van der Waals surface area (Å²) in [5, 5.41) is 2.78. The molecule has 0 aliphatic heterocycles. The Bertz CT molecular complexity index is 1300. The first kappa shape index (κ1) is 21.3. The first-order valence-electron chi connectivity index (χ1n) is 9.79.